The molecule has 6 heteroatoms. The summed E-state index contributed by atoms with van der Waals surface area (Å²) in [5.41, 5.74) is 1.86. The number of aromatic nitrogens is 1. The number of rotatable bonds is 6. The summed E-state index contributed by atoms with van der Waals surface area (Å²) < 4.78 is 4.99. The molecule has 1 unspecified atom stereocenters. The highest BCUT2D eigenvalue weighted by molar-refractivity contribution is 5.99. The highest BCUT2D eigenvalue weighted by atomic mass is 16.5. The normalized spacial score (nSPS) is 11.4. The molecule has 0 fully saturated rings. The van der Waals surface area contributed by atoms with Crippen molar-refractivity contribution in [2.24, 2.45) is 0 Å². The number of anilines is 2. The first-order chi connectivity index (χ1) is 11.0. The number of carbonyl (C=O) groups is 2. The third kappa shape index (κ3) is 4.54. The van der Waals surface area contributed by atoms with Gasteiger partial charge in [-0.15, -0.1) is 0 Å². The number of amides is 1. The van der Waals surface area contributed by atoms with E-state index >= 15 is 0 Å². The molecule has 0 spiro atoms. The molecule has 1 aromatic heterocycles. The number of Topliss-reactive ketones (excluding diaryl/α,β-unsaturated/α-hetero) is 1. The van der Waals surface area contributed by atoms with Gasteiger partial charge < -0.3 is 15.4 Å². The van der Waals surface area contributed by atoms with Crippen molar-refractivity contribution in [2.45, 2.75) is 19.9 Å². The second-order valence-corrected chi connectivity index (χ2v) is 5.08. The van der Waals surface area contributed by atoms with E-state index in [1.165, 1.54) is 6.92 Å². The van der Waals surface area contributed by atoms with Crippen molar-refractivity contribution in [1.29, 1.82) is 0 Å². The van der Waals surface area contributed by atoms with Gasteiger partial charge in [-0.05, 0) is 32.0 Å². The van der Waals surface area contributed by atoms with Crippen LogP contribution in [0.4, 0.5) is 11.4 Å². The van der Waals surface area contributed by atoms with Gasteiger partial charge in [-0.2, -0.15) is 0 Å². The standard InChI is InChI=1S/C17H19N3O3/c1-11(19-15-7-8-16(23-3)18-10-15)17(22)20-14-6-4-5-13(9-14)12(2)21/h4-11,19H,1-3H3,(H,20,22). The molecule has 2 aromatic rings. The van der Waals surface area contributed by atoms with E-state index in [4.69, 9.17) is 4.74 Å². The predicted octanol–water partition coefficient (Wildman–Crippen LogP) is 2.73. The number of nitrogens with zero attached hydrogens (tertiary/aromatic N) is 1. The van der Waals surface area contributed by atoms with Gasteiger partial charge in [0.2, 0.25) is 11.8 Å². The topological polar surface area (TPSA) is 80.3 Å². The summed E-state index contributed by atoms with van der Waals surface area (Å²) in [4.78, 5) is 27.7. The second kappa shape index (κ2) is 7.40. The zero-order chi connectivity index (χ0) is 16.8. The van der Waals surface area contributed by atoms with Crippen LogP contribution in [0.25, 0.3) is 0 Å². The first-order valence-electron chi connectivity index (χ1n) is 7.18. The molecule has 0 radical (unpaired) electrons. The van der Waals surface area contributed by atoms with E-state index in [0.29, 0.717) is 22.8 Å². The molecule has 2 N–H and O–H groups in total. The molecule has 0 aliphatic carbocycles. The van der Waals surface area contributed by atoms with Crippen LogP contribution in [-0.4, -0.2) is 29.8 Å². The SMILES string of the molecule is COc1ccc(NC(C)C(=O)Nc2cccc(C(C)=O)c2)cn1. The average molecular weight is 313 g/mol. The molecule has 6 nitrogen and oxygen atoms in total. The van der Waals surface area contributed by atoms with Crippen molar-refractivity contribution < 1.29 is 14.3 Å². The van der Waals surface area contributed by atoms with Crippen molar-refractivity contribution >= 4 is 23.1 Å². The molecular formula is C17H19N3O3. The summed E-state index contributed by atoms with van der Waals surface area (Å²) >= 11 is 0. The van der Waals surface area contributed by atoms with Crippen LogP contribution in [0.15, 0.2) is 42.6 Å². The quantitative estimate of drug-likeness (QED) is 0.802. The fourth-order valence-electron chi connectivity index (χ4n) is 1.97. The van der Waals surface area contributed by atoms with Crippen LogP contribution in [0, 0.1) is 0 Å². The number of carbonyl (C=O) groups excluding carboxylic acids is 2. The molecule has 120 valence electrons. The second-order valence-electron chi connectivity index (χ2n) is 5.08. The fourth-order valence-corrected chi connectivity index (χ4v) is 1.97. The summed E-state index contributed by atoms with van der Waals surface area (Å²) in [6.45, 7) is 3.23. The van der Waals surface area contributed by atoms with Crippen LogP contribution < -0.4 is 15.4 Å². The number of methoxy groups -OCH3 is 1. The van der Waals surface area contributed by atoms with Gasteiger partial charge in [0.25, 0.3) is 0 Å². The lowest BCUT2D eigenvalue weighted by atomic mass is 10.1. The van der Waals surface area contributed by atoms with E-state index < -0.39 is 6.04 Å². The van der Waals surface area contributed by atoms with Crippen LogP contribution in [0.5, 0.6) is 5.88 Å². The van der Waals surface area contributed by atoms with Gasteiger partial charge in [0, 0.05) is 17.3 Å². The van der Waals surface area contributed by atoms with Crippen LogP contribution in [0.1, 0.15) is 24.2 Å². The number of ketones is 1. The van der Waals surface area contributed by atoms with E-state index in [-0.39, 0.29) is 11.7 Å². The van der Waals surface area contributed by atoms with Gasteiger partial charge >= 0.3 is 0 Å². The minimum Gasteiger partial charge on any atom is -0.481 e. The number of benzene rings is 1. The maximum atomic E-state index is 12.2. The minimum atomic E-state index is -0.467. The Kier molecular flexibility index (Phi) is 5.30. The summed E-state index contributed by atoms with van der Waals surface area (Å²) in [6.07, 6.45) is 1.60. The van der Waals surface area contributed by atoms with Crippen molar-refractivity contribution in [3.8, 4) is 5.88 Å². The molecule has 0 aliphatic rings. The molecule has 1 aromatic carbocycles. The summed E-state index contributed by atoms with van der Waals surface area (Å²) in [7, 11) is 1.54. The van der Waals surface area contributed by atoms with Gasteiger partial charge in [-0.3, -0.25) is 9.59 Å². The van der Waals surface area contributed by atoms with E-state index in [9.17, 15) is 9.59 Å². The third-order valence-corrected chi connectivity index (χ3v) is 3.26. The van der Waals surface area contributed by atoms with E-state index in [1.54, 1.807) is 56.6 Å². The van der Waals surface area contributed by atoms with E-state index in [1.807, 2.05) is 0 Å². The Morgan fingerprint density at radius 1 is 1.17 bits per heavy atom. The van der Waals surface area contributed by atoms with Crippen molar-refractivity contribution in [2.75, 3.05) is 17.7 Å². The molecule has 0 saturated carbocycles. The maximum Gasteiger partial charge on any atom is 0.246 e. The Labute approximate surface area is 134 Å². The van der Waals surface area contributed by atoms with Gasteiger partial charge in [0.1, 0.15) is 6.04 Å². The van der Waals surface area contributed by atoms with E-state index in [0.717, 1.165) is 0 Å². The first-order valence-corrected chi connectivity index (χ1v) is 7.18. The Balaban J connectivity index is 1.99. The van der Waals surface area contributed by atoms with Crippen molar-refractivity contribution in [3.05, 3.63) is 48.2 Å². The summed E-state index contributed by atoms with van der Waals surface area (Å²) in [5, 5.41) is 5.83. The van der Waals surface area contributed by atoms with Crippen LogP contribution in [0.3, 0.4) is 0 Å². The molecule has 0 bridgehead atoms. The molecule has 0 saturated heterocycles. The molecule has 23 heavy (non-hydrogen) atoms. The van der Waals surface area contributed by atoms with E-state index in [2.05, 4.69) is 15.6 Å². The third-order valence-electron chi connectivity index (χ3n) is 3.26. The molecular weight excluding hydrogens is 294 g/mol. The lowest BCUT2D eigenvalue weighted by molar-refractivity contribution is -0.116. The van der Waals surface area contributed by atoms with Crippen LogP contribution in [-0.2, 0) is 4.79 Å². The highest BCUT2D eigenvalue weighted by Crippen LogP contribution is 2.14. The Morgan fingerprint density at radius 3 is 2.57 bits per heavy atom. The monoisotopic (exact) mass is 313 g/mol. The first kappa shape index (κ1) is 16.5. The van der Waals surface area contributed by atoms with Gasteiger partial charge in [-0.25, -0.2) is 4.98 Å². The molecule has 1 amide bonds. The number of hydrogen-bond donors (Lipinski definition) is 2. The number of hydrogen-bond acceptors (Lipinski definition) is 5. The molecule has 1 atom stereocenters. The molecule has 2 rings (SSSR count). The van der Waals surface area contributed by atoms with Gasteiger partial charge in [0.15, 0.2) is 5.78 Å². The summed E-state index contributed by atoms with van der Waals surface area (Å²) in [5.74, 6) is 0.256. The van der Waals surface area contributed by atoms with Crippen molar-refractivity contribution in [3.63, 3.8) is 0 Å². The summed E-state index contributed by atoms with van der Waals surface area (Å²) in [6, 6.07) is 9.87. The van der Waals surface area contributed by atoms with Gasteiger partial charge in [0.05, 0.1) is 19.0 Å². The maximum absolute atomic E-state index is 12.2. The number of nitrogens with one attached hydrogen (secondary N) is 2. The van der Waals surface area contributed by atoms with Crippen molar-refractivity contribution in [1.82, 2.24) is 4.98 Å². The minimum absolute atomic E-state index is 0.0448. The molecule has 1 heterocycles. The predicted molar refractivity (Wildman–Crippen MR) is 88.9 cm³/mol. The fraction of sp³-hybridized carbons (Fsp3) is 0.235. The Bertz CT molecular complexity index is 698. The Morgan fingerprint density at radius 2 is 1.96 bits per heavy atom. The largest absolute Gasteiger partial charge is 0.481 e. The highest BCUT2D eigenvalue weighted by Gasteiger charge is 2.13. The lowest BCUT2D eigenvalue weighted by Gasteiger charge is -2.15. The zero-order valence-electron chi connectivity index (χ0n) is 13.3. The molecule has 0 aliphatic heterocycles. The lowest BCUT2D eigenvalue weighted by Crippen LogP contribution is -2.31. The zero-order valence-corrected chi connectivity index (χ0v) is 13.3. The number of ether oxygens (including phenoxy) is 1. The smallest absolute Gasteiger partial charge is 0.246 e. The van der Waals surface area contributed by atoms with Crippen LogP contribution in [0.2, 0.25) is 0 Å². The average Bonchev–Trinajstić information content (AvgIpc) is 2.55. The van der Waals surface area contributed by atoms with Gasteiger partial charge in [-0.1, -0.05) is 12.1 Å². The Hall–Kier alpha value is -2.89. The number of pyridine rings is 1. The van der Waals surface area contributed by atoms with Crippen LogP contribution >= 0.6 is 0 Å².